The average molecular weight is 260 g/mol. The molecule has 1 fully saturated rings. The maximum atomic E-state index is 12.3. The van der Waals surface area contributed by atoms with E-state index in [-0.39, 0.29) is 17.4 Å². The van der Waals surface area contributed by atoms with Gasteiger partial charge in [0.2, 0.25) is 0 Å². The molecule has 1 aliphatic rings. The molecule has 2 heterocycles. The predicted molar refractivity (Wildman–Crippen MR) is 71.4 cm³/mol. The Kier molecular flexibility index (Phi) is 2.78. The summed E-state index contributed by atoms with van der Waals surface area (Å²) in [7, 11) is 3.45. The van der Waals surface area contributed by atoms with Crippen LogP contribution in [0.3, 0.4) is 0 Å². The molecule has 0 radical (unpaired) electrons. The van der Waals surface area contributed by atoms with Crippen molar-refractivity contribution in [3.05, 3.63) is 34.2 Å². The van der Waals surface area contributed by atoms with Crippen LogP contribution < -0.4 is 5.69 Å². The number of carbonyl (C=O) groups is 1. The fraction of sp³-hybridized carbons (Fsp3) is 0.429. The second kappa shape index (κ2) is 4.35. The molecule has 1 aromatic carbocycles. The number of imidazole rings is 1. The predicted octanol–water partition coefficient (Wildman–Crippen LogP) is 1.10. The summed E-state index contributed by atoms with van der Waals surface area (Å²) < 4.78 is 8.41. The van der Waals surface area contributed by atoms with Crippen molar-refractivity contribution >= 4 is 16.8 Å². The Hall–Kier alpha value is -1.88. The van der Waals surface area contributed by atoms with E-state index in [9.17, 15) is 9.59 Å². The number of ketones is 1. The number of carbonyl (C=O) groups excluding carboxylic acids is 1. The van der Waals surface area contributed by atoms with E-state index in [0.717, 1.165) is 17.5 Å². The first-order valence-corrected chi connectivity index (χ1v) is 6.37. The highest BCUT2D eigenvalue weighted by Crippen LogP contribution is 2.21. The van der Waals surface area contributed by atoms with Crippen LogP contribution in [0.5, 0.6) is 0 Å². The first kappa shape index (κ1) is 12.2. The fourth-order valence-corrected chi connectivity index (χ4v) is 2.64. The van der Waals surface area contributed by atoms with Gasteiger partial charge in [0.15, 0.2) is 5.78 Å². The third-order valence-corrected chi connectivity index (χ3v) is 3.86. The van der Waals surface area contributed by atoms with Crippen LogP contribution in [0.15, 0.2) is 23.0 Å². The van der Waals surface area contributed by atoms with Gasteiger partial charge in [0, 0.05) is 32.2 Å². The smallest absolute Gasteiger partial charge is 0.328 e. The van der Waals surface area contributed by atoms with Gasteiger partial charge in [0.25, 0.3) is 0 Å². The van der Waals surface area contributed by atoms with Crippen LogP contribution in [0.25, 0.3) is 11.0 Å². The number of Topliss-reactive ketones (excluding diaryl/α,β-unsaturated/α-hetero) is 1. The highest BCUT2D eigenvalue weighted by Gasteiger charge is 2.25. The Bertz CT molecular complexity index is 705. The molecule has 5 heteroatoms. The lowest BCUT2D eigenvalue weighted by Gasteiger charge is -2.07. The van der Waals surface area contributed by atoms with Gasteiger partial charge in [-0.3, -0.25) is 13.9 Å². The van der Waals surface area contributed by atoms with Gasteiger partial charge in [-0.05, 0) is 24.6 Å². The van der Waals surface area contributed by atoms with Gasteiger partial charge in [-0.2, -0.15) is 0 Å². The van der Waals surface area contributed by atoms with E-state index in [0.29, 0.717) is 18.8 Å². The Morgan fingerprint density at radius 2 is 2.00 bits per heavy atom. The summed E-state index contributed by atoms with van der Waals surface area (Å²) in [4.78, 5) is 24.2. The maximum Gasteiger partial charge on any atom is 0.328 e. The molecule has 1 atom stereocenters. The Labute approximate surface area is 110 Å². The molecule has 3 rings (SSSR count). The molecular formula is C14H16N2O3. The highest BCUT2D eigenvalue weighted by molar-refractivity contribution is 6.00. The van der Waals surface area contributed by atoms with Crippen molar-refractivity contribution in [3.8, 4) is 0 Å². The monoisotopic (exact) mass is 260 g/mol. The molecule has 2 aromatic rings. The quantitative estimate of drug-likeness (QED) is 0.760. The van der Waals surface area contributed by atoms with Crippen LogP contribution in [0.2, 0.25) is 0 Å². The summed E-state index contributed by atoms with van der Waals surface area (Å²) >= 11 is 0. The van der Waals surface area contributed by atoms with Crippen LogP contribution in [0, 0.1) is 5.92 Å². The maximum absolute atomic E-state index is 12.3. The molecule has 0 saturated carbocycles. The van der Waals surface area contributed by atoms with Crippen molar-refractivity contribution in [2.75, 3.05) is 13.2 Å². The van der Waals surface area contributed by atoms with Gasteiger partial charge < -0.3 is 4.74 Å². The number of benzene rings is 1. The summed E-state index contributed by atoms with van der Waals surface area (Å²) in [6, 6.07) is 5.43. The lowest BCUT2D eigenvalue weighted by Crippen LogP contribution is -2.19. The van der Waals surface area contributed by atoms with Gasteiger partial charge in [0.05, 0.1) is 17.6 Å². The van der Waals surface area contributed by atoms with Crippen LogP contribution in [-0.4, -0.2) is 28.1 Å². The van der Waals surface area contributed by atoms with Crippen molar-refractivity contribution in [1.29, 1.82) is 0 Å². The van der Waals surface area contributed by atoms with Crippen LogP contribution in [-0.2, 0) is 18.8 Å². The molecule has 1 aliphatic heterocycles. The molecule has 0 amide bonds. The summed E-state index contributed by atoms with van der Waals surface area (Å²) in [6.07, 6.45) is 0.782. The summed E-state index contributed by atoms with van der Waals surface area (Å²) in [5.74, 6) is 0.0638. The van der Waals surface area contributed by atoms with E-state index >= 15 is 0 Å². The molecule has 5 nitrogen and oxygen atoms in total. The Balaban J connectivity index is 2.09. The molecule has 100 valence electrons. The van der Waals surface area contributed by atoms with Crippen LogP contribution in [0.1, 0.15) is 16.8 Å². The third kappa shape index (κ3) is 1.81. The largest absolute Gasteiger partial charge is 0.381 e. The van der Waals surface area contributed by atoms with Gasteiger partial charge >= 0.3 is 5.69 Å². The zero-order valence-corrected chi connectivity index (χ0v) is 11.0. The highest BCUT2D eigenvalue weighted by atomic mass is 16.5. The minimum Gasteiger partial charge on any atom is -0.381 e. The third-order valence-electron chi connectivity index (χ3n) is 3.86. The first-order chi connectivity index (χ1) is 9.09. The van der Waals surface area contributed by atoms with Gasteiger partial charge in [-0.25, -0.2) is 4.79 Å². The minimum atomic E-state index is -0.0798. The number of nitrogens with zero attached hydrogens (tertiary/aromatic N) is 2. The molecule has 1 aromatic heterocycles. The van der Waals surface area contributed by atoms with E-state index in [1.165, 1.54) is 0 Å². The summed E-state index contributed by atoms with van der Waals surface area (Å²) in [6.45, 7) is 1.16. The number of aryl methyl sites for hydroxylation is 2. The topological polar surface area (TPSA) is 53.2 Å². The van der Waals surface area contributed by atoms with Gasteiger partial charge in [0.1, 0.15) is 0 Å². The fourth-order valence-electron chi connectivity index (χ4n) is 2.64. The lowest BCUT2D eigenvalue weighted by atomic mass is 9.97. The number of rotatable bonds is 2. The number of hydrogen-bond donors (Lipinski definition) is 0. The Morgan fingerprint density at radius 3 is 2.68 bits per heavy atom. The van der Waals surface area contributed by atoms with Crippen molar-refractivity contribution in [2.24, 2.45) is 20.0 Å². The van der Waals surface area contributed by atoms with Crippen molar-refractivity contribution in [1.82, 2.24) is 9.13 Å². The normalized spacial score (nSPS) is 19.2. The SMILES string of the molecule is Cn1c(=O)n(C)c2cc(C(=O)C3CCOC3)ccc21. The molecule has 0 aliphatic carbocycles. The van der Waals surface area contributed by atoms with Gasteiger partial charge in [-0.15, -0.1) is 0 Å². The molecule has 0 N–H and O–H groups in total. The molecule has 0 bridgehead atoms. The lowest BCUT2D eigenvalue weighted by molar-refractivity contribution is 0.0900. The number of fused-ring (bicyclic) bond motifs is 1. The zero-order chi connectivity index (χ0) is 13.6. The van der Waals surface area contributed by atoms with Crippen LogP contribution in [0.4, 0.5) is 0 Å². The van der Waals surface area contributed by atoms with E-state index < -0.39 is 0 Å². The first-order valence-electron chi connectivity index (χ1n) is 6.37. The summed E-state index contributed by atoms with van der Waals surface area (Å²) in [5, 5.41) is 0. The standard InChI is InChI=1S/C14H16N2O3/c1-15-11-4-3-9(7-12(11)16(2)14(15)18)13(17)10-5-6-19-8-10/h3-4,7,10H,5-6,8H2,1-2H3. The molecular weight excluding hydrogens is 244 g/mol. The van der Waals surface area contributed by atoms with Crippen molar-refractivity contribution < 1.29 is 9.53 Å². The van der Waals surface area contributed by atoms with E-state index in [4.69, 9.17) is 4.74 Å². The second-order valence-corrected chi connectivity index (χ2v) is 5.03. The minimum absolute atomic E-state index is 0.0433. The van der Waals surface area contributed by atoms with E-state index in [1.54, 1.807) is 35.4 Å². The van der Waals surface area contributed by atoms with Crippen molar-refractivity contribution in [3.63, 3.8) is 0 Å². The second-order valence-electron chi connectivity index (χ2n) is 5.03. The number of aromatic nitrogens is 2. The van der Waals surface area contributed by atoms with E-state index in [2.05, 4.69) is 0 Å². The number of hydrogen-bond acceptors (Lipinski definition) is 3. The van der Waals surface area contributed by atoms with Crippen LogP contribution >= 0.6 is 0 Å². The number of ether oxygens (including phenoxy) is 1. The molecule has 0 spiro atoms. The van der Waals surface area contributed by atoms with E-state index in [1.807, 2.05) is 6.07 Å². The van der Waals surface area contributed by atoms with Crippen molar-refractivity contribution in [2.45, 2.75) is 6.42 Å². The molecule has 19 heavy (non-hydrogen) atoms. The summed E-state index contributed by atoms with van der Waals surface area (Å²) in [5.41, 5.74) is 2.21. The zero-order valence-electron chi connectivity index (χ0n) is 11.0. The Morgan fingerprint density at radius 1 is 1.26 bits per heavy atom. The van der Waals surface area contributed by atoms with Gasteiger partial charge in [-0.1, -0.05) is 0 Å². The molecule has 1 saturated heterocycles. The molecule has 1 unspecified atom stereocenters. The average Bonchev–Trinajstić information content (AvgIpc) is 3.03.